The van der Waals surface area contributed by atoms with Gasteiger partial charge in [0.25, 0.3) is 5.19 Å². The third kappa shape index (κ3) is 4.68. The fourth-order valence-corrected chi connectivity index (χ4v) is 2.31. The van der Waals surface area contributed by atoms with Gasteiger partial charge >= 0.3 is 6.09 Å². The largest absolute Gasteiger partial charge is 0.473 e. The second-order valence-corrected chi connectivity index (χ2v) is 5.95. The van der Waals surface area contributed by atoms with Crippen LogP contribution in [0.1, 0.15) is 31.7 Å². The van der Waals surface area contributed by atoms with Crippen molar-refractivity contribution in [2.24, 2.45) is 0 Å². The second-order valence-electron chi connectivity index (χ2n) is 4.60. The highest BCUT2D eigenvalue weighted by molar-refractivity contribution is 7.14. The molecule has 0 bridgehead atoms. The third-order valence-electron chi connectivity index (χ3n) is 1.86. The summed E-state index contributed by atoms with van der Waals surface area (Å²) in [5, 5.41) is 2.86. The molecule has 0 aromatic carbocycles. The van der Waals surface area contributed by atoms with E-state index >= 15 is 0 Å². The van der Waals surface area contributed by atoms with E-state index < -0.39 is 17.7 Å². The highest BCUT2D eigenvalue weighted by Crippen LogP contribution is 2.32. The Kier molecular flexibility index (Phi) is 5.13. The van der Waals surface area contributed by atoms with Crippen LogP contribution in [0.15, 0.2) is 0 Å². The normalized spacial score (nSPS) is 12.7. The number of thiazole rings is 1. The number of nitrogens with zero attached hydrogens (tertiary/aromatic N) is 1. The lowest BCUT2D eigenvalue weighted by molar-refractivity contribution is -0.109. The number of nitrogens with one attached hydrogen (secondary N) is 1. The molecule has 0 aliphatic carbocycles. The Morgan fingerprint density at radius 1 is 1.53 bits per heavy atom. The fraction of sp³-hybridized carbons (Fsp3) is 0.545. The van der Waals surface area contributed by atoms with Crippen molar-refractivity contribution in [3.63, 3.8) is 0 Å². The van der Waals surface area contributed by atoms with Crippen LogP contribution in [0.25, 0.3) is 0 Å². The molecule has 1 aromatic rings. The maximum atomic E-state index is 11.6. The van der Waals surface area contributed by atoms with Crippen LogP contribution in [0.3, 0.4) is 0 Å². The Morgan fingerprint density at radius 3 is 2.58 bits per heavy atom. The molecule has 1 heterocycles. The van der Waals surface area contributed by atoms with E-state index in [1.165, 1.54) is 7.11 Å². The van der Waals surface area contributed by atoms with Crippen molar-refractivity contribution in [1.82, 2.24) is 10.3 Å². The molecule has 1 rings (SSSR count). The van der Waals surface area contributed by atoms with E-state index in [-0.39, 0.29) is 5.15 Å². The zero-order chi connectivity index (χ0) is 14.6. The molecule has 0 fully saturated rings. The quantitative estimate of drug-likeness (QED) is 0.865. The van der Waals surface area contributed by atoms with Gasteiger partial charge in [-0.1, -0.05) is 22.9 Å². The van der Waals surface area contributed by atoms with E-state index in [2.05, 4.69) is 10.3 Å². The molecule has 1 atom stereocenters. The van der Waals surface area contributed by atoms with E-state index in [4.69, 9.17) is 21.1 Å². The third-order valence-corrected chi connectivity index (χ3v) is 3.36. The van der Waals surface area contributed by atoms with Gasteiger partial charge in [-0.2, -0.15) is 4.98 Å². The Bertz CT molecular complexity index is 470. The fourth-order valence-electron chi connectivity index (χ4n) is 1.17. The number of halogens is 1. The minimum atomic E-state index is -0.913. The Morgan fingerprint density at radius 2 is 2.16 bits per heavy atom. The predicted molar refractivity (Wildman–Crippen MR) is 71.9 cm³/mol. The maximum Gasteiger partial charge on any atom is 0.408 e. The number of amides is 1. The summed E-state index contributed by atoms with van der Waals surface area (Å²) in [6.45, 7) is 5.18. The number of hydrogen-bond donors (Lipinski definition) is 1. The summed E-state index contributed by atoms with van der Waals surface area (Å²) in [6.07, 6.45) is -0.143. The number of ether oxygens (including phenoxy) is 2. The monoisotopic (exact) mass is 306 g/mol. The number of rotatable bonds is 4. The Hall–Kier alpha value is -1.34. The number of carbonyl (C=O) groups excluding carboxylic acids is 2. The van der Waals surface area contributed by atoms with Gasteiger partial charge in [0.15, 0.2) is 0 Å². The second kappa shape index (κ2) is 6.21. The molecule has 0 saturated heterocycles. The molecule has 0 spiro atoms. The van der Waals surface area contributed by atoms with Crippen molar-refractivity contribution in [1.29, 1.82) is 0 Å². The van der Waals surface area contributed by atoms with Crippen LogP contribution in [0.5, 0.6) is 5.19 Å². The molecular weight excluding hydrogens is 292 g/mol. The first-order valence-corrected chi connectivity index (χ1v) is 6.61. The summed E-state index contributed by atoms with van der Waals surface area (Å²) < 4.78 is 9.98. The molecule has 1 aromatic heterocycles. The predicted octanol–water partition coefficient (Wildman–Crippen LogP) is 2.57. The van der Waals surface area contributed by atoms with Crippen LogP contribution < -0.4 is 10.1 Å². The smallest absolute Gasteiger partial charge is 0.408 e. The van der Waals surface area contributed by atoms with Crippen molar-refractivity contribution >= 4 is 35.3 Å². The summed E-state index contributed by atoms with van der Waals surface area (Å²) in [7, 11) is 1.44. The zero-order valence-corrected chi connectivity index (χ0v) is 12.6. The molecule has 1 N–H and O–H groups in total. The molecule has 0 saturated carbocycles. The first-order valence-electron chi connectivity index (χ1n) is 5.42. The Labute approximate surface area is 120 Å². The average molecular weight is 307 g/mol. The van der Waals surface area contributed by atoms with Gasteiger partial charge in [0, 0.05) is 0 Å². The van der Waals surface area contributed by atoms with E-state index in [0.29, 0.717) is 16.4 Å². The van der Waals surface area contributed by atoms with Crippen molar-refractivity contribution < 1.29 is 19.1 Å². The molecule has 1 amide bonds. The van der Waals surface area contributed by atoms with Gasteiger partial charge in [0.05, 0.1) is 12.0 Å². The van der Waals surface area contributed by atoms with Crippen LogP contribution in [0, 0.1) is 0 Å². The molecule has 19 heavy (non-hydrogen) atoms. The zero-order valence-electron chi connectivity index (χ0n) is 11.0. The molecule has 0 aliphatic rings. The lowest BCUT2D eigenvalue weighted by atomic mass is 10.2. The lowest BCUT2D eigenvalue weighted by Gasteiger charge is -2.21. The number of carbonyl (C=O) groups is 2. The molecule has 0 radical (unpaired) electrons. The maximum absolute atomic E-state index is 11.6. The van der Waals surface area contributed by atoms with Gasteiger partial charge in [0.2, 0.25) is 0 Å². The minimum Gasteiger partial charge on any atom is -0.473 e. The molecule has 6 nitrogen and oxygen atoms in total. The van der Waals surface area contributed by atoms with Gasteiger partial charge in [-0.3, -0.25) is 0 Å². The van der Waals surface area contributed by atoms with Gasteiger partial charge in [-0.05, 0) is 20.8 Å². The SMILES string of the molecule is COc1nc(Cl)c(C(C=O)NC(=O)OC(C)(C)C)s1. The van der Waals surface area contributed by atoms with Crippen LogP contribution in [-0.2, 0) is 9.53 Å². The summed E-state index contributed by atoms with van der Waals surface area (Å²) in [5.41, 5.74) is -0.646. The first kappa shape index (κ1) is 15.7. The highest BCUT2D eigenvalue weighted by atomic mass is 35.5. The van der Waals surface area contributed by atoms with Crippen LogP contribution >= 0.6 is 22.9 Å². The van der Waals surface area contributed by atoms with Crippen LogP contribution in [0.2, 0.25) is 5.15 Å². The van der Waals surface area contributed by atoms with Gasteiger partial charge in [-0.15, -0.1) is 0 Å². The lowest BCUT2D eigenvalue weighted by Crippen LogP contribution is -2.35. The summed E-state index contributed by atoms with van der Waals surface area (Å²) in [4.78, 5) is 27.0. The minimum absolute atomic E-state index is 0.120. The topological polar surface area (TPSA) is 77.5 Å². The number of methoxy groups -OCH3 is 1. The number of alkyl carbamates (subject to hydrolysis) is 1. The first-order chi connectivity index (χ1) is 8.76. The van der Waals surface area contributed by atoms with E-state index in [1.807, 2.05) is 0 Å². The molecule has 1 unspecified atom stereocenters. The summed E-state index contributed by atoms with van der Waals surface area (Å²) in [6, 6.07) is -0.913. The van der Waals surface area contributed by atoms with Crippen molar-refractivity contribution in [2.75, 3.05) is 7.11 Å². The van der Waals surface area contributed by atoms with Crippen LogP contribution in [0.4, 0.5) is 4.79 Å². The van der Waals surface area contributed by atoms with Crippen molar-refractivity contribution in [3.05, 3.63) is 10.0 Å². The Balaban J connectivity index is 2.80. The number of aldehydes is 1. The van der Waals surface area contributed by atoms with Gasteiger partial charge in [0.1, 0.15) is 23.1 Å². The van der Waals surface area contributed by atoms with E-state index in [1.54, 1.807) is 20.8 Å². The molecular formula is C11H15ClN2O4S. The molecule has 106 valence electrons. The summed E-state index contributed by atoms with van der Waals surface area (Å²) >= 11 is 6.97. The standard InChI is InChI=1S/C11H15ClN2O4S/c1-11(2,3)18-9(16)13-6(5-15)7-8(12)14-10(17-4)19-7/h5-6H,1-4H3,(H,13,16). The van der Waals surface area contributed by atoms with Crippen molar-refractivity contribution in [3.8, 4) is 5.19 Å². The van der Waals surface area contributed by atoms with Crippen LogP contribution in [-0.4, -0.2) is 30.1 Å². The molecule has 8 heteroatoms. The van der Waals surface area contributed by atoms with Gasteiger partial charge in [-0.25, -0.2) is 4.79 Å². The average Bonchev–Trinajstić information content (AvgIpc) is 2.65. The number of aromatic nitrogens is 1. The highest BCUT2D eigenvalue weighted by Gasteiger charge is 2.24. The number of hydrogen-bond acceptors (Lipinski definition) is 6. The van der Waals surface area contributed by atoms with E-state index in [0.717, 1.165) is 11.3 Å². The van der Waals surface area contributed by atoms with E-state index in [9.17, 15) is 9.59 Å². The van der Waals surface area contributed by atoms with Crippen molar-refractivity contribution in [2.45, 2.75) is 32.4 Å². The van der Waals surface area contributed by atoms with Gasteiger partial charge < -0.3 is 19.6 Å². The molecule has 0 aliphatic heterocycles. The summed E-state index contributed by atoms with van der Waals surface area (Å²) in [5.74, 6) is 0.